The van der Waals surface area contributed by atoms with Gasteiger partial charge in [-0.2, -0.15) is 0 Å². The van der Waals surface area contributed by atoms with E-state index >= 15 is 0 Å². The zero-order valence-electron chi connectivity index (χ0n) is 12.8. The molecular formula is C14H23N3O4. The van der Waals surface area contributed by atoms with E-state index in [4.69, 9.17) is 9.84 Å². The van der Waals surface area contributed by atoms with Gasteiger partial charge >= 0.3 is 5.97 Å². The number of aromatic nitrogens is 2. The van der Waals surface area contributed by atoms with Crippen LogP contribution in [0.3, 0.4) is 0 Å². The number of carboxylic acid groups (broad SMARTS) is 1. The third-order valence-electron chi connectivity index (χ3n) is 3.11. The zero-order valence-corrected chi connectivity index (χ0v) is 12.8. The molecule has 118 valence electrons. The second-order valence-corrected chi connectivity index (χ2v) is 4.45. The molecule has 0 radical (unpaired) electrons. The van der Waals surface area contributed by atoms with Crippen molar-refractivity contribution in [3.63, 3.8) is 0 Å². The van der Waals surface area contributed by atoms with Crippen LogP contribution in [0.15, 0.2) is 4.79 Å². The van der Waals surface area contributed by atoms with Gasteiger partial charge in [-0.05, 0) is 13.3 Å². The Balaban J connectivity index is 0.00000106. The average molecular weight is 297 g/mol. The molecule has 7 nitrogen and oxygen atoms in total. The Kier molecular flexibility index (Phi) is 6.87. The zero-order chi connectivity index (χ0) is 15.8. The summed E-state index contributed by atoms with van der Waals surface area (Å²) in [7, 11) is 0. The van der Waals surface area contributed by atoms with Crippen molar-refractivity contribution < 1.29 is 14.6 Å². The summed E-state index contributed by atoms with van der Waals surface area (Å²) in [6.45, 7) is 8.34. The molecule has 1 saturated heterocycles. The smallest absolute Gasteiger partial charge is 0.303 e. The topological polar surface area (TPSA) is 95.5 Å². The van der Waals surface area contributed by atoms with Gasteiger partial charge in [-0.15, -0.1) is 0 Å². The Morgan fingerprint density at radius 1 is 1.38 bits per heavy atom. The second-order valence-electron chi connectivity index (χ2n) is 4.45. The normalized spacial score (nSPS) is 14.3. The number of nitrogens with zero attached hydrogens (tertiary/aromatic N) is 2. The fourth-order valence-electron chi connectivity index (χ4n) is 2.05. The fourth-order valence-corrected chi connectivity index (χ4v) is 2.05. The van der Waals surface area contributed by atoms with Gasteiger partial charge in [0.05, 0.1) is 13.2 Å². The fraction of sp³-hybridized carbons (Fsp3) is 0.643. The van der Waals surface area contributed by atoms with Gasteiger partial charge in [0.25, 0.3) is 5.56 Å². The van der Waals surface area contributed by atoms with Crippen LogP contribution >= 0.6 is 0 Å². The van der Waals surface area contributed by atoms with Gasteiger partial charge < -0.3 is 14.7 Å². The molecule has 0 aromatic carbocycles. The number of aryl methyl sites for hydroxylation is 1. The summed E-state index contributed by atoms with van der Waals surface area (Å²) in [6.07, 6.45) is 0.134. The quantitative estimate of drug-likeness (QED) is 0.859. The van der Waals surface area contributed by atoms with Gasteiger partial charge in [0, 0.05) is 30.8 Å². The summed E-state index contributed by atoms with van der Waals surface area (Å²) in [4.78, 5) is 31.6. The Labute approximate surface area is 124 Å². The first kappa shape index (κ1) is 17.2. The van der Waals surface area contributed by atoms with Crippen molar-refractivity contribution in [3.8, 4) is 0 Å². The summed E-state index contributed by atoms with van der Waals surface area (Å²) in [5, 5.41) is 8.66. The summed E-state index contributed by atoms with van der Waals surface area (Å²) in [6, 6.07) is 0. The van der Waals surface area contributed by atoms with E-state index in [1.807, 2.05) is 18.7 Å². The molecule has 0 spiro atoms. The minimum absolute atomic E-state index is 0.0670. The number of anilines is 1. The van der Waals surface area contributed by atoms with Crippen LogP contribution in [0.4, 0.5) is 5.95 Å². The van der Waals surface area contributed by atoms with Crippen LogP contribution in [-0.2, 0) is 16.0 Å². The van der Waals surface area contributed by atoms with Gasteiger partial charge in [0.15, 0.2) is 0 Å². The van der Waals surface area contributed by atoms with Crippen LogP contribution in [-0.4, -0.2) is 47.3 Å². The average Bonchev–Trinajstić information content (AvgIpc) is 2.49. The highest BCUT2D eigenvalue weighted by atomic mass is 16.5. The number of carboxylic acids is 1. The summed E-state index contributed by atoms with van der Waals surface area (Å²) >= 11 is 0. The summed E-state index contributed by atoms with van der Waals surface area (Å²) in [5.41, 5.74) is 0.779. The maximum absolute atomic E-state index is 12.0. The van der Waals surface area contributed by atoms with E-state index in [1.165, 1.54) is 0 Å². The summed E-state index contributed by atoms with van der Waals surface area (Å²) < 4.78 is 5.24. The molecule has 0 amide bonds. The Hall–Kier alpha value is -1.89. The lowest BCUT2D eigenvalue weighted by Crippen LogP contribution is -2.38. The lowest BCUT2D eigenvalue weighted by molar-refractivity contribution is -0.136. The van der Waals surface area contributed by atoms with Crippen molar-refractivity contribution in [3.05, 3.63) is 21.6 Å². The minimum Gasteiger partial charge on any atom is -0.481 e. The predicted octanol–water partition coefficient (Wildman–Crippen LogP) is 0.958. The molecule has 21 heavy (non-hydrogen) atoms. The van der Waals surface area contributed by atoms with E-state index in [2.05, 4.69) is 9.97 Å². The number of hydrogen-bond donors (Lipinski definition) is 2. The van der Waals surface area contributed by atoms with Gasteiger partial charge in [-0.25, -0.2) is 4.98 Å². The van der Waals surface area contributed by atoms with Gasteiger partial charge in [0.2, 0.25) is 5.95 Å². The molecule has 0 unspecified atom stereocenters. The lowest BCUT2D eigenvalue weighted by atomic mass is 10.1. The molecule has 2 rings (SSSR count). The number of nitrogens with one attached hydrogen (secondary N) is 1. The first-order valence-electron chi connectivity index (χ1n) is 7.22. The molecule has 1 aromatic heterocycles. The van der Waals surface area contributed by atoms with Crippen molar-refractivity contribution in [2.24, 2.45) is 0 Å². The highest BCUT2D eigenvalue weighted by molar-refractivity contribution is 5.67. The molecule has 7 heteroatoms. The van der Waals surface area contributed by atoms with Gasteiger partial charge in [-0.1, -0.05) is 13.8 Å². The Morgan fingerprint density at radius 3 is 2.52 bits per heavy atom. The summed E-state index contributed by atoms with van der Waals surface area (Å²) in [5.74, 6) is -0.388. The highest BCUT2D eigenvalue weighted by Gasteiger charge is 2.16. The van der Waals surface area contributed by atoms with Crippen LogP contribution < -0.4 is 10.5 Å². The first-order chi connectivity index (χ1) is 10.1. The van der Waals surface area contributed by atoms with E-state index in [9.17, 15) is 9.59 Å². The highest BCUT2D eigenvalue weighted by Crippen LogP contribution is 2.11. The van der Waals surface area contributed by atoms with E-state index in [1.54, 1.807) is 6.92 Å². The monoisotopic (exact) mass is 297 g/mol. The standard InChI is InChI=1S/C12H17N3O4.C2H6/c1-8-9(2-3-10(16)17)11(18)14-12(13-8)15-4-6-19-7-5-15;1-2/h2-7H2,1H3,(H,16,17)(H,13,14,18);1-2H3. The van der Waals surface area contributed by atoms with E-state index in [0.717, 1.165) is 0 Å². The van der Waals surface area contributed by atoms with Gasteiger partial charge in [0.1, 0.15) is 0 Å². The van der Waals surface area contributed by atoms with Crippen molar-refractivity contribution in [1.29, 1.82) is 0 Å². The molecule has 0 aliphatic carbocycles. The van der Waals surface area contributed by atoms with E-state index in [0.29, 0.717) is 43.5 Å². The third kappa shape index (κ3) is 4.86. The molecule has 1 fully saturated rings. The van der Waals surface area contributed by atoms with Crippen LogP contribution in [0.5, 0.6) is 0 Å². The first-order valence-corrected chi connectivity index (χ1v) is 7.22. The second kappa shape index (κ2) is 8.41. The number of ether oxygens (including phenoxy) is 1. The molecule has 1 aromatic rings. The molecule has 1 aliphatic heterocycles. The van der Waals surface area contributed by atoms with Crippen LogP contribution in [0.1, 0.15) is 31.5 Å². The number of H-pyrrole nitrogens is 1. The van der Waals surface area contributed by atoms with Crippen LogP contribution in [0, 0.1) is 6.92 Å². The Morgan fingerprint density at radius 2 is 2.00 bits per heavy atom. The maximum Gasteiger partial charge on any atom is 0.303 e. The number of aliphatic carboxylic acids is 1. The molecule has 0 saturated carbocycles. The molecule has 2 N–H and O–H groups in total. The molecule has 2 heterocycles. The number of carbonyl (C=O) groups is 1. The third-order valence-corrected chi connectivity index (χ3v) is 3.11. The van der Waals surface area contributed by atoms with Crippen molar-refractivity contribution in [1.82, 2.24) is 9.97 Å². The molecule has 0 bridgehead atoms. The SMILES string of the molecule is CC.Cc1nc(N2CCOCC2)[nH]c(=O)c1CCC(=O)O. The predicted molar refractivity (Wildman–Crippen MR) is 79.9 cm³/mol. The lowest BCUT2D eigenvalue weighted by Gasteiger charge is -2.27. The largest absolute Gasteiger partial charge is 0.481 e. The van der Waals surface area contributed by atoms with Gasteiger partial charge in [-0.3, -0.25) is 14.6 Å². The maximum atomic E-state index is 12.0. The van der Waals surface area contributed by atoms with Crippen molar-refractivity contribution in [2.75, 3.05) is 31.2 Å². The van der Waals surface area contributed by atoms with Crippen LogP contribution in [0.2, 0.25) is 0 Å². The number of aromatic amines is 1. The number of hydrogen-bond acceptors (Lipinski definition) is 5. The minimum atomic E-state index is -0.920. The van der Waals surface area contributed by atoms with E-state index < -0.39 is 5.97 Å². The number of morpholine rings is 1. The van der Waals surface area contributed by atoms with E-state index in [-0.39, 0.29) is 18.4 Å². The molecule has 1 aliphatic rings. The Bertz CT molecular complexity index is 521. The van der Waals surface area contributed by atoms with Crippen molar-refractivity contribution >= 4 is 11.9 Å². The van der Waals surface area contributed by atoms with Crippen LogP contribution in [0.25, 0.3) is 0 Å². The van der Waals surface area contributed by atoms with Crippen molar-refractivity contribution in [2.45, 2.75) is 33.6 Å². The molecule has 0 atom stereocenters. The number of rotatable bonds is 4. The molecular weight excluding hydrogens is 274 g/mol.